The Kier molecular flexibility index (Phi) is 4.30. The molecule has 0 unspecified atom stereocenters. The molecule has 0 spiro atoms. The lowest BCUT2D eigenvalue weighted by molar-refractivity contribution is 0.122. The molecule has 0 atom stereocenters. The first-order chi connectivity index (χ1) is 8.79. The van der Waals surface area contributed by atoms with Crippen LogP contribution in [0.4, 0.5) is 11.4 Å². The van der Waals surface area contributed by atoms with Crippen LogP contribution in [0.25, 0.3) is 0 Å². The van der Waals surface area contributed by atoms with Crippen molar-refractivity contribution in [1.29, 1.82) is 0 Å². The molecule has 0 saturated carbocycles. The molecule has 1 aromatic carbocycles. The summed E-state index contributed by atoms with van der Waals surface area (Å²) in [6.45, 7) is 5.26. The zero-order chi connectivity index (χ0) is 12.8. The Morgan fingerprint density at radius 3 is 2.56 bits per heavy atom. The van der Waals surface area contributed by atoms with E-state index in [4.69, 9.17) is 10.5 Å². The van der Waals surface area contributed by atoms with E-state index in [1.807, 2.05) is 31.2 Å². The van der Waals surface area contributed by atoms with E-state index >= 15 is 0 Å². The normalized spacial score (nSPS) is 17.4. The molecule has 5 heteroatoms. The molecule has 18 heavy (non-hydrogen) atoms. The first-order valence-corrected chi connectivity index (χ1v) is 6.05. The number of morpholine rings is 1. The molecule has 5 nitrogen and oxygen atoms in total. The Morgan fingerprint density at radius 2 is 1.94 bits per heavy atom. The summed E-state index contributed by atoms with van der Waals surface area (Å²) in [6.07, 6.45) is 1.63. The number of hydrogen-bond donors (Lipinski definition) is 1. The molecule has 0 radical (unpaired) electrons. The van der Waals surface area contributed by atoms with Crippen LogP contribution >= 0.6 is 0 Å². The average Bonchev–Trinajstić information content (AvgIpc) is 2.41. The van der Waals surface area contributed by atoms with E-state index in [-0.39, 0.29) is 5.96 Å². The monoisotopic (exact) mass is 246 g/mol. The van der Waals surface area contributed by atoms with Crippen molar-refractivity contribution >= 4 is 23.5 Å². The van der Waals surface area contributed by atoms with E-state index < -0.39 is 0 Å². The smallest absolute Gasteiger partial charge is 0.220 e. The van der Waals surface area contributed by atoms with E-state index in [0.717, 1.165) is 32.0 Å². The SMILES string of the molecule is C/C=N\C(N)=Nc1ccc(N2CCOCC2)cc1. The summed E-state index contributed by atoms with van der Waals surface area (Å²) in [5, 5.41) is 0. The number of hydrogen-bond acceptors (Lipinski definition) is 3. The fraction of sp³-hybridized carbons (Fsp3) is 0.385. The number of guanidine groups is 1. The maximum Gasteiger partial charge on any atom is 0.220 e. The maximum absolute atomic E-state index is 5.62. The van der Waals surface area contributed by atoms with Crippen LogP contribution in [0, 0.1) is 0 Å². The summed E-state index contributed by atoms with van der Waals surface area (Å²) >= 11 is 0. The summed E-state index contributed by atoms with van der Waals surface area (Å²) in [6, 6.07) is 7.99. The van der Waals surface area contributed by atoms with E-state index in [0.29, 0.717) is 0 Å². The van der Waals surface area contributed by atoms with E-state index in [2.05, 4.69) is 14.9 Å². The fourth-order valence-electron chi connectivity index (χ4n) is 1.85. The topological polar surface area (TPSA) is 63.2 Å². The fourth-order valence-corrected chi connectivity index (χ4v) is 1.85. The van der Waals surface area contributed by atoms with Gasteiger partial charge in [-0.25, -0.2) is 9.98 Å². The second-order valence-corrected chi connectivity index (χ2v) is 3.97. The lowest BCUT2D eigenvalue weighted by Gasteiger charge is -2.28. The van der Waals surface area contributed by atoms with Crippen molar-refractivity contribution in [2.75, 3.05) is 31.2 Å². The van der Waals surface area contributed by atoms with Gasteiger partial charge in [0.25, 0.3) is 0 Å². The van der Waals surface area contributed by atoms with Crippen molar-refractivity contribution in [2.45, 2.75) is 6.92 Å². The van der Waals surface area contributed by atoms with Gasteiger partial charge in [-0.15, -0.1) is 0 Å². The highest BCUT2D eigenvalue weighted by Gasteiger charge is 2.10. The number of nitrogens with zero attached hydrogens (tertiary/aromatic N) is 3. The van der Waals surface area contributed by atoms with Gasteiger partial charge in [-0.3, -0.25) is 0 Å². The van der Waals surface area contributed by atoms with Gasteiger partial charge in [0.1, 0.15) is 0 Å². The van der Waals surface area contributed by atoms with E-state index in [1.165, 1.54) is 5.69 Å². The van der Waals surface area contributed by atoms with Gasteiger partial charge in [0.2, 0.25) is 5.96 Å². The lowest BCUT2D eigenvalue weighted by Crippen LogP contribution is -2.36. The Hall–Kier alpha value is -1.88. The van der Waals surface area contributed by atoms with Crippen LogP contribution < -0.4 is 10.6 Å². The highest BCUT2D eigenvalue weighted by molar-refractivity contribution is 5.87. The lowest BCUT2D eigenvalue weighted by atomic mass is 10.2. The molecular weight excluding hydrogens is 228 g/mol. The summed E-state index contributed by atoms with van der Waals surface area (Å²) < 4.78 is 5.33. The number of rotatable bonds is 2. The molecular formula is C13H18N4O. The zero-order valence-corrected chi connectivity index (χ0v) is 10.5. The summed E-state index contributed by atoms with van der Waals surface area (Å²) in [7, 11) is 0. The Morgan fingerprint density at radius 1 is 1.28 bits per heavy atom. The molecule has 96 valence electrons. The molecule has 0 aliphatic carbocycles. The first kappa shape index (κ1) is 12.6. The third-order valence-corrected chi connectivity index (χ3v) is 2.73. The minimum atomic E-state index is 0.275. The molecule has 1 saturated heterocycles. The van der Waals surface area contributed by atoms with Gasteiger partial charge in [0.05, 0.1) is 18.9 Å². The molecule has 1 aliphatic rings. The predicted octanol–water partition coefficient (Wildman–Crippen LogP) is 1.56. The van der Waals surface area contributed by atoms with Crippen LogP contribution in [-0.2, 0) is 4.74 Å². The average molecular weight is 246 g/mol. The molecule has 2 N–H and O–H groups in total. The second kappa shape index (κ2) is 6.16. The Labute approximate surface area is 107 Å². The second-order valence-electron chi connectivity index (χ2n) is 3.97. The number of aliphatic imine (C=N–C) groups is 2. The molecule has 1 heterocycles. The molecule has 0 bridgehead atoms. The van der Waals surface area contributed by atoms with Crippen molar-refractivity contribution in [3.8, 4) is 0 Å². The van der Waals surface area contributed by atoms with Crippen LogP contribution in [0.15, 0.2) is 34.3 Å². The summed E-state index contributed by atoms with van der Waals surface area (Å²) in [5.74, 6) is 0.275. The molecule has 1 aliphatic heterocycles. The molecule has 1 aromatic rings. The number of anilines is 1. The largest absolute Gasteiger partial charge is 0.378 e. The number of nitrogens with two attached hydrogens (primary N) is 1. The van der Waals surface area contributed by atoms with Gasteiger partial charge < -0.3 is 15.4 Å². The standard InChI is InChI=1S/C13H18N4O/c1-2-15-13(14)16-11-3-5-12(6-4-11)17-7-9-18-10-8-17/h2-6H,7-10H2,1H3,(H2,14,16)/b15-2-. The third kappa shape index (κ3) is 3.30. The number of benzene rings is 1. The van der Waals surface area contributed by atoms with Crippen LogP contribution in [0.5, 0.6) is 0 Å². The van der Waals surface area contributed by atoms with Crippen molar-refractivity contribution in [3.05, 3.63) is 24.3 Å². The van der Waals surface area contributed by atoms with Gasteiger partial charge in [-0.2, -0.15) is 0 Å². The van der Waals surface area contributed by atoms with E-state index in [1.54, 1.807) is 6.21 Å². The van der Waals surface area contributed by atoms with E-state index in [9.17, 15) is 0 Å². The van der Waals surface area contributed by atoms with Crippen LogP contribution in [-0.4, -0.2) is 38.5 Å². The van der Waals surface area contributed by atoms with Crippen LogP contribution in [0.1, 0.15) is 6.92 Å². The highest BCUT2D eigenvalue weighted by atomic mass is 16.5. The molecule has 2 rings (SSSR count). The molecule has 0 aromatic heterocycles. The minimum Gasteiger partial charge on any atom is -0.378 e. The minimum absolute atomic E-state index is 0.275. The van der Waals surface area contributed by atoms with Crippen LogP contribution in [0.2, 0.25) is 0 Å². The first-order valence-electron chi connectivity index (χ1n) is 6.05. The quantitative estimate of drug-likeness (QED) is 0.636. The number of ether oxygens (including phenoxy) is 1. The maximum atomic E-state index is 5.62. The van der Waals surface area contributed by atoms with Crippen molar-refractivity contribution in [1.82, 2.24) is 0 Å². The summed E-state index contributed by atoms with van der Waals surface area (Å²) in [5.41, 5.74) is 7.63. The predicted molar refractivity (Wildman–Crippen MR) is 74.9 cm³/mol. The zero-order valence-electron chi connectivity index (χ0n) is 10.5. The van der Waals surface area contributed by atoms with Gasteiger partial charge in [0.15, 0.2) is 0 Å². The van der Waals surface area contributed by atoms with Gasteiger partial charge in [-0.05, 0) is 31.2 Å². The third-order valence-electron chi connectivity index (χ3n) is 2.73. The molecule has 1 fully saturated rings. The van der Waals surface area contributed by atoms with Crippen molar-refractivity contribution in [2.24, 2.45) is 15.7 Å². The highest BCUT2D eigenvalue weighted by Crippen LogP contribution is 2.20. The van der Waals surface area contributed by atoms with Crippen LogP contribution in [0.3, 0.4) is 0 Å². The van der Waals surface area contributed by atoms with Crippen molar-refractivity contribution in [3.63, 3.8) is 0 Å². The van der Waals surface area contributed by atoms with Gasteiger partial charge >= 0.3 is 0 Å². The Bertz CT molecular complexity index is 433. The summed E-state index contributed by atoms with van der Waals surface area (Å²) in [4.78, 5) is 10.4. The van der Waals surface area contributed by atoms with Gasteiger partial charge in [0, 0.05) is 25.0 Å². The Balaban J connectivity index is 2.07. The molecule has 0 amide bonds. The van der Waals surface area contributed by atoms with Gasteiger partial charge in [-0.1, -0.05) is 0 Å². The van der Waals surface area contributed by atoms with Crippen molar-refractivity contribution < 1.29 is 4.74 Å².